The van der Waals surface area contributed by atoms with Gasteiger partial charge in [0, 0.05) is 0 Å². The predicted molar refractivity (Wildman–Crippen MR) is 49.7 cm³/mol. The molecule has 2 N–H and O–H groups in total. The molecule has 0 aliphatic rings. The van der Waals surface area contributed by atoms with E-state index < -0.39 is 10.1 Å². The Bertz CT molecular complexity index is 292. The van der Waals surface area contributed by atoms with Gasteiger partial charge in [-0.1, -0.05) is 11.2 Å². The summed E-state index contributed by atoms with van der Waals surface area (Å²) in [5.74, 6) is -0.316. The summed E-state index contributed by atoms with van der Waals surface area (Å²) in [7, 11) is -3.90. The lowest BCUT2D eigenvalue weighted by molar-refractivity contribution is 0.318. The number of allylic oxidation sites excluding steroid dienone is 2. The molecular weight excluding hydrogens is 194 g/mol. The lowest BCUT2D eigenvalue weighted by atomic mass is 10.2. The van der Waals surface area contributed by atoms with E-state index in [4.69, 9.17) is 9.76 Å². The topological polar surface area (TPSA) is 87.0 Å². The minimum Gasteiger partial charge on any atom is -0.411 e. The van der Waals surface area contributed by atoms with Crippen LogP contribution in [0.4, 0.5) is 0 Å². The highest BCUT2D eigenvalue weighted by atomic mass is 32.2. The van der Waals surface area contributed by atoms with Gasteiger partial charge in [0.1, 0.15) is 0 Å². The van der Waals surface area contributed by atoms with Crippen LogP contribution in [0.5, 0.6) is 0 Å². The molecule has 0 aromatic heterocycles. The largest absolute Gasteiger partial charge is 0.411 e. The van der Waals surface area contributed by atoms with Crippen molar-refractivity contribution in [2.24, 2.45) is 5.16 Å². The van der Waals surface area contributed by atoms with E-state index in [9.17, 15) is 8.42 Å². The highest BCUT2D eigenvalue weighted by Crippen LogP contribution is 1.98. The first-order chi connectivity index (χ1) is 5.99. The number of hydrogen-bond acceptors (Lipinski definition) is 4. The highest BCUT2D eigenvalue weighted by Gasteiger charge is 2.04. The average Bonchev–Trinajstić information content (AvgIpc) is 2.01. The van der Waals surface area contributed by atoms with E-state index >= 15 is 0 Å². The Morgan fingerprint density at radius 1 is 1.54 bits per heavy atom. The van der Waals surface area contributed by atoms with E-state index in [0.29, 0.717) is 12.1 Å². The molecule has 0 aliphatic carbocycles. The third-order valence-corrected chi connectivity index (χ3v) is 2.13. The molecule has 5 nitrogen and oxygen atoms in total. The van der Waals surface area contributed by atoms with E-state index in [0.717, 1.165) is 0 Å². The molecule has 0 aromatic rings. The van der Waals surface area contributed by atoms with Crippen molar-refractivity contribution in [1.82, 2.24) is 0 Å². The van der Waals surface area contributed by atoms with Crippen molar-refractivity contribution in [2.75, 3.05) is 5.75 Å². The van der Waals surface area contributed by atoms with Crippen molar-refractivity contribution in [3.8, 4) is 0 Å². The van der Waals surface area contributed by atoms with E-state index in [-0.39, 0.29) is 12.2 Å². The second-order valence-corrected chi connectivity index (χ2v) is 4.05. The number of hydrogen-bond donors (Lipinski definition) is 2. The monoisotopic (exact) mass is 207 g/mol. The normalized spacial score (nSPS) is 13.8. The summed E-state index contributed by atoms with van der Waals surface area (Å²) >= 11 is 0. The molecule has 0 saturated carbocycles. The molecule has 0 fully saturated rings. The molecule has 0 unspecified atom stereocenters. The third kappa shape index (κ3) is 7.48. The first-order valence-electron chi connectivity index (χ1n) is 3.78. The minimum absolute atomic E-state index is 0.239. The van der Waals surface area contributed by atoms with Gasteiger partial charge >= 0.3 is 0 Å². The lowest BCUT2D eigenvalue weighted by Gasteiger charge is -1.97. The molecular formula is C7H13NO4S. The molecule has 0 aliphatic heterocycles. The number of nitrogens with zero attached hydrogens (tertiary/aromatic N) is 1. The Hall–Kier alpha value is -0.880. The molecule has 0 aromatic carbocycles. The first kappa shape index (κ1) is 12.1. The van der Waals surface area contributed by atoms with Crippen LogP contribution in [-0.2, 0) is 10.1 Å². The summed E-state index contributed by atoms with van der Waals surface area (Å²) in [4.78, 5) is 0. The summed E-state index contributed by atoms with van der Waals surface area (Å²) in [5.41, 5.74) is 0.395. The van der Waals surface area contributed by atoms with Crippen molar-refractivity contribution in [2.45, 2.75) is 19.8 Å². The second-order valence-electron chi connectivity index (χ2n) is 2.48. The fourth-order valence-corrected chi connectivity index (χ4v) is 1.30. The highest BCUT2D eigenvalue weighted by molar-refractivity contribution is 7.85. The quantitative estimate of drug-likeness (QED) is 0.305. The summed E-state index contributed by atoms with van der Waals surface area (Å²) in [6.07, 6.45) is 3.82. The van der Waals surface area contributed by atoms with Crippen LogP contribution in [0, 0.1) is 0 Å². The van der Waals surface area contributed by atoms with Crippen LogP contribution in [0.1, 0.15) is 19.8 Å². The summed E-state index contributed by atoms with van der Waals surface area (Å²) in [6.45, 7) is 1.76. The Kier molecular flexibility index (Phi) is 5.33. The van der Waals surface area contributed by atoms with Gasteiger partial charge in [-0.3, -0.25) is 4.55 Å². The van der Waals surface area contributed by atoms with Gasteiger partial charge < -0.3 is 5.21 Å². The van der Waals surface area contributed by atoms with Crippen LogP contribution in [0.2, 0.25) is 0 Å². The standard InChI is InChI=1S/C7H13NO4S/c1-2-4-7(8-9)5-3-6-13(10,11)12/h2,4,9H,3,5-6H2,1H3,(H,10,11,12). The second kappa shape index (κ2) is 5.71. The average molecular weight is 207 g/mol. The van der Waals surface area contributed by atoms with E-state index in [2.05, 4.69) is 5.16 Å². The lowest BCUT2D eigenvalue weighted by Crippen LogP contribution is -2.05. The van der Waals surface area contributed by atoms with E-state index in [1.807, 2.05) is 0 Å². The van der Waals surface area contributed by atoms with Crippen molar-refractivity contribution >= 4 is 15.8 Å². The number of rotatable bonds is 5. The van der Waals surface area contributed by atoms with Crippen LogP contribution in [0.25, 0.3) is 0 Å². The van der Waals surface area contributed by atoms with Gasteiger partial charge in [-0.15, -0.1) is 0 Å². The molecule has 0 rings (SSSR count). The minimum atomic E-state index is -3.90. The summed E-state index contributed by atoms with van der Waals surface area (Å²) in [5, 5.41) is 11.4. The van der Waals surface area contributed by atoms with Gasteiger partial charge in [0.05, 0.1) is 11.5 Å². The molecule has 0 radical (unpaired) electrons. The predicted octanol–water partition coefficient (Wildman–Crippen LogP) is 1.06. The maximum Gasteiger partial charge on any atom is 0.264 e. The van der Waals surface area contributed by atoms with Gasteiger partial charge in [0.25, 0.3) is 10.1 Å². The molecule has 13 heavy (non-hydrogen) atoms. The van der Waals surface area contributed by atoms with Crippen LogP contribution in [-0.4, -0.2) is 29.6 Å². The fraction of sp³-hybridized carbons (Fsp3) is 0.571. The first-order valence-corrected chi connectivity index (χ1v) is 5.39. The zero-order chi connectivity index (χ0) is 10.3. The Morgan fingerprint density at radius 3 is 2.54 bits per heavy atom. The molecule has 0 spiro atoms. The molecule has 0 bridgehead atoms. The number of oxime groups is 1. The van der Waals surface area contributed by atoms with Crippen molar-refractivity contribution in [3.05, 3.63) is 12.2 Å². The summed E-state index contributed by atoms with van der Waals surface area (Å²) < 4.78 is 29.0. The Morgan fingerprint density at radius 2 is 2.15 bits per heavy atom. The zero-order valence-electron chi connectivity index (χ0n) is 7.34. The van der Waals surface area contributed by atoms with Crippen molar-refractivity contribution in [1.29, 1.82) is 0 Å². The maximum atomic E-state index is 10.3. The van der Waals surface area contributed by atoms with Gasteiger partial charge in [-0.05, 0) is 25.8 Å². The fourth-order valence-electron chi connectivity index (χ4n) is 0.795. The van der Waals surface area contributed by atoms with Crippen LogP contribution in [0.15, 0.2) is 17.3 Å². The molecule has 6 heteroatoms. The third-order valence-electron chi connectivity index (χ3n) is 1.32. The summed E-state index contributed by atoms with van der Waals surface area (Å²) in [6, 6.07) is 0. The van der Waals surface area contributed by atoms with Crippen LogP contribution >= 0.6 is 0 Å². The van der Waals surface area contributed by atoms with Crippen LogP contribution in [0.3, 0.4) is 0 Å². The van der Waals surface area contributed by atoms with Crippen LogP contribution < -0.4 is 0 Å². The molecule has 0 heterocycles. The van der Waals surface area contributed by atoms with Gasteiger partial charge in [-0.25, -0.2) is 0 Å². The maximum absolute atomic E-state index is 10.3. The van der Waals surface area contributed by atoms with Gasteiger partial charge in [0.2, 0.25) is 0 Å². The smallest absolute Gasteiger partial charge is 0.264 e. The molecule has 0 amide bonds. The zero-order valence-corrected chi connectivity index (χ0v) is 8.16. The molecule has 0 atom stereocenters. The van der Waals surface area contributed by atoms with Crippen molar-refractivity contribution in [3.63, 3.8) is 0 Å². The van der Waals surface area contributed by atoms with Crippen molar-refractivity contribution < 1.29 is 18.2 Å². The molecule has 0 saturated heterocycles. The van der Waals surface area contributed by atoms with E-state index in [1.54, 1.807) is 19.1 Å². The van der Waals surface area contributed by atoms with E-state index in [1.165, 1.54) is 0 Å². The Balaban J connectivity index is 3.89. The van der Waals surface area contributed by atoms with Gasteiger partial charge in [0.15, 0.2) is 0 Å². The Labute approximate surface area is 77.5 Å². The SMILES string of the molecule is CC=CC(CCCS(=O)(=O)O)=NO. The molecule has 76 valence electrons. The van der Waals surface area contributed by atoms with Gasteiger partial charge in [-0.2, -0.15) is 8.42 Å².